The van der Waals surface area contributed by atoms with Crippen LogP contribution in [0.2, 0.25) is 0 Å². The van der Waals surface area contributed by atoms with E-state index in [1.54, 1.807) is 0 Å². The third kappa shape index (κ3) is 6.05. The summed E-state index contributed by atoms with van der Waals surface area (Å²) in [7, 11) is 0. The van der Waals surface area contributed by atoms with E-state index in [0.717, 1.165) is 12.0 Å². The van der Waals surface area contributed by atoms with Crippen LogP contribution in [0.3, 0.4) is 0 Å². The van der Waals surface area contributed by atoms with E-state index < -0.39 is 0 Å². The van der Waals surface area contributed by atoms with Crippen molar-refractivity contribution in [2.75, 3.05) is 0 Å². The molecule has 0 radical (unpaired) electrons. The van der Waals surface area contributed by atoms with E-state index in [1.807, 2.05) is 36.4 Å². The average Bonchev–Trinajstić information content (AvgIpc) is 2.36. The number of benzene rings is 1. The summed E-state index contributed by atoms with van der Waals surface area (Å²) in [5, 5.41) is 2.99. The van der Waals surface area contributed by atoms with Gasteiger partial charge in [0.1, 0.15) is 0 Å². The lowest BCUT2D eigenvalue weighted by atomic mass is 9.73. The molecule has 0 spiro atoms. The van der Waals surface area contributed by atoms with Crippen LogP contribution in [-0.2, 0) is 11.3 Å². The Balaban J connectivity index is 0.00000400. The molecule has 1 aromatic carbocycles. The molecule has 112 valence electrons. The van der Waals surface area contributed by atoms with Gasteiger partial charge in [0.05, 0.1) is 0 Å². The van der Waals surface area contributed by atoms with Crippen molar-refractivity contribution in [3.05, 3.63) is 48.6 Å². The first-order valence-electron chi connectivity index (χ1n) is 7.18. The molecule has 1 aromatic rings. The summed E-state index contributed by atoms with van der Waals surface area (Å²) in [6, 6.07) is 9.99. The number of carbonyl (C=O) groups excluding carboxylic acids is 1. The van der Waals surface area contributed by atoms with Gasteiger partial charge >= 0.3 is 0 Å². The number of rotatable bonds is 7. The lowest BCUT2D eigenvalue weighted by Gasteiger charge is -2.32. The first-order chi connectivity index (χ1) is 9.24. The lowest BCUT2D eigenvalue weighted by Crippen LogP contribution is -2.31. The molecule has 0 aliphatic carbocycles. The van der Waals surface area contributed by atoms with Crippen molar-refractivity contribution >= 4 is 5.91 Å². The van der Waals surface area contributed by atoms with Gasteiger partial charge in [-0.25, -0.2) is 0 Å². The Bertz CT molecular complexity index is 452. The highest BCUT2D eigenvalue weighted by Gasteiger charge is 2.28. The first kappa shape index (κ1) is 16.5. The lowest BCUT2D eigenvalue weighted by molar-refractivity contribution is -0.123. The predicted octanol–water partition coefficient (Wildman–Crippen LogP) is 4.57. The molecule has 0 saturated heterocycles. The Hall–Kier alpha value is -1.57. The minimum absolute atomic E-state index is 0. The van der Waals surface area contributed by atoms with Gasteiger partial charge in [-0.15, -0.1) is 6.58 Å². The van der Waals surface area contributed by atoms with E-state index in [1.165, 1.54) is 0 Å². The molecule has 0 heterocycles. The zero-order valence-corrected chi connectivity index (χ0v) is 13.2. The van der Waals surface area contributed by atoms with Crippen molar-refractivity contribution in [1.82, 2.24) is 5.32 Å². The van der Waals surface area contributed by atoms with Gasteiger partial charge in [0.25, 0.3) is 0 Å². The molecule has 1 rings (SSSR count). The molecule has 0 bridgehead atoms. The van der Waals surface area contributed by atoms with Gasteiger partial charge in [-0.2, -0.15) is 0 Å². The number of hydrogen-bond acceptors (Lipinski definition) is 1. The molecule has 1 N–H and O–H groups in total. The SMILES string of the molecule is C=CC(C)(C)CC(C)(C)CC(=O)NCc1ccccc1.[HH]. The fourth-order valence-corrected chi connectivity index (χ4v) is 2.66. The third-order valence-corrected chi connectivity index (χ3v) is 3.46. The first-order valence-corrected chi connectivity index (χ1v) is 7.18. The van der Waals surface area contributed by atoms with Gasteiger partial charge in [-0.05, 0) is 22.8 Å². The molecule has 1 amide bonds. The van der Waals surface area contributed by atoms with Crippen LogP contribution in [0.5, 0.6) is 0 Å². The molecular formula is C18H29NO. The Morgan fingerprint density at radius 1 is 1.25 bits per heavy atom. The highest BCUT2D eigenvalue weighted by atomic mass is 16.1. The van der Waals surface area contributed by atoms with Crippen LogP contribution in [0, 0.1) is 10.8 Å². The van der Waals surface area contributed by atoms with E-state index in [0.29, 0.717) is 13.0 Å². The molecule has 0 aliphatic heterocycles. The van der Waals surface area contributed by atoms with Crippen LogP contribution in [0.25, 0.3) is 0 Å². The van der Waals surface area contributed by atoms with Crippen molar-refractivity contribution in [2.45, 2.75) is 47.1 Å². The van der Waals surface area contributed by atoms with Crippen LogP contribution < -0.4 is 5.32 Å². The fourth-order valence-electron chi connectivity index (χ4n) is 2.66. The molecule has 0 aromatic heterocycles. The summed E-state index contributed by atoms with van der Waals surface area (Å²) in [6.45, 7) is 13.1. The standard InChI is InChI=1S/C18H27NO.H2/c1-6-17(2,3)14-18(4,5)12-16(20)19-13-15-10-8-7-9-11-15;/h6-11H,1,12-14H2,2-5H3,(H,19,20);1H. The molecular weight excluding hydrogens is 246 g/mol. The van der Waals surface area contributed by atoms with E-state index in [2.05, 4.69) is 39.6 Å². The highest BCUT2D eigenvalue weighted by molar-refractivity contribution is 5.76. The van der Waals surface area contributed by atoms with Crippen LogP contribution in [0.1, 0.15) is 47.5 Å². The number of carbonyl (C=O) groups is 1. The van der Waals surface area contributed by atoms with E-state index >= 15 is 0 Å². The second-order valence-corrected chi connectivity index (χ2v) is 6.97. The van der Waals surface area contributed by atoms with E-state index in [4.69, 9.17) is 0 Å². The molecule has 0 unspecified atom stereocenters. The number of allylic oxidation sites excluding steroid dienone is 1. The predicted molar refractivity (Wildman–Crippen MR) is 87.4 cm³/mol. The second kappa shape index (κ2) is 6.74. The van der Waals surface area contributed by atoms with Crippen LogP contribution in [0.4, 0.5) is 0 Å². The van der Waals surface area contributed by atoms with Gasteiger partial charge in [-0.3, -0.25) is 4.79 Å². The second-order valence-electron chi connectivity index (χ2n) is 6.97. The number of nitrogens with one attached hydrogen (secondary N) is 1. The zero-order chi connectivity index (χ0) is 15.2. The highest BCUT2D eigenvalue weighted by Crippen LogP contribution is 2.36. The summed E-state index contributed by atoms with van der Waals surface area (Å²) < 4.78 is 0. The molecule has 0 saturated carbocycles. The molecule has 2 heteroatoms. The Morgan fingerprint density at radius 2 is 1.85 bits per heavy atom. The molecule has 0 atom stereocenters. The van der Waals surface area contributed by atoms with Crippen molar-refractivity contribution in [3.63, 3.8) is 0 Å². The van der Waals surface area contributed by atoms with Gasteiger partial charge in [0.2, 0.25) is 5.91 Å². The molecule has 20 heavy (non-hydrogen) atoms. The molecule has 0 aliphatic rings. The van der Waals surface area contributed by atoms with E-state index in [9.17, 15) is 4.79 Å². The van der Waals surface area contributed by atoms with Crippen molar-refractivity contribution < 1.29 is 6.22 Å². The molecule has 0 fully saturated rings. The van der Waals surface area contributed by atoms with Crippen molar-refractivity contribution in [2.24, 2.45) is 10.8 Å². The van der Waals surface area contributed by atoms with Gasteiger partial charge in [-0.1, -0.05) is 64.1 Å². The summed E-state index contributed by atoms with van der Waals surface area (Å²) >= 11 is 0. The van der Waals surface area contributed by atoms with E-state index in [-0.39, 0.29) is 18.2 Å². The fraction of sp³-hybridized carbons (Fsp3) is 0.500. The number of amides is 1. The Morgan fingerprint density at radius 3 is 2.40 bits per heavy atom. The summed E-state index contributed by atoms with van der Waals surface area (Å²) in [5.41, 5.74) is 1.16. The number of hydrogen-bond donors (Lipinski definition) is 1. The van der Waals surface area contributed by atoms with Gasteiger partial charge in [0.15, 0.2) is 0 Å². The van der Waals surface area contributed by atoms with Crippen molar-refractivity contribution in [3.8, 4) is 0 Å². The van der Waals surface area contributed by atoms with Crippen LogP contribution >= 0.6 is 0 Å². The Labute approximate surface area is 124 Å². The zero-order valence-electron chi connectivity index (χ0n) is 13.2. The van der Waals surface area contributed by atoms with Gasteiger partial charge < -0.3 is 5.32 Å². The topological polar surface area (TPSA) is 29.1 Å². The average molecular weight is 275 g/mol. The molecule has 2 nitrogen and oxygen atoms in total. The third-order valence-electron chi connectivity index (χ3n) is 3.46. The minimum atomic E-state index is -0.0293. The largest absolute Gasteiger partial charge is 0.352 e. The summed E-state index contributed by atoms with van der Waals surface area (Å²) in [4.78, 5) is 12.1. The maximum atomic E-state index is 12.1. The monoisotopic (exact) mass is 275 g/mol. The van der Waals surface area contributed by atoms with Crippen LogP contribution in [0.15, 0.2) is 43.0 Å². The summed E-state index contributed by atoms with van der Waals surface area (Å²) in [5.74, 6) is 0.110. The van der Waals surface area contributed by atoms with Crippen molar-refractivity contribution in [1.29, 1.82) is 0 Å². The van der Waals surface area contributed by atoms with Gasteiger partial charge in [0, 0.05) is 14.4 Å². The quantitative estimate of drug-likeness (QED) is 0.726. The smallest absolute Gasteiger partial charge is 0.220 e. The Kier molecular flexibility index (Phi) is 5.55. The van der Waals surface area contributed by atoms with Crippen LogP contribution in [-0.4, -0.2) is 5.91 Å². The minimum Gasteiger partial charge on any atom is -0.352 e. The maximum absolute atomic E-state index is 12.1. The normalized spacial score (nSPS) is 12.0. The maximum Gasteiger partial charge on any atom is 0.220 e. The summed E-state index contributed by atoms with van der Waals surface area (Å²) in [6.07, 6.45) is 3.45.